The standard InChI is InChI=1S/C25H44BFN2O3/c27-24-8-7-21(15-23(24)26(31)32)20-5-2-6-22(14-20)25(30)29-11-9-18(10-12-29)19-4-1-3-17(13-19)16-28/h17-24,31-32H,1-16,28H2. The highest BCUT2D eigenvalue weighted by molar-refractivity contribution is 6.43. The Hall–Kier alpha value is -0.655. The minimum absolute atomic E-state index is 0.0993. The summed E-state index contributed by atoms with van der Waals surface area (Å²) in [6.07, 6.45) is 12.2. The second kappa shape index (κ2) is 11.2. The fourth-order valence-corrected chi connectivity index (χ4v) is 7.64. The van der Waals surface area contributed by atoms with Gasteiger partial charge in [-0.3, -0.25) is 4.79 Å². The molecule has 7 unspecified atom stereocenters. The molecule has 0 spiro atoms. The molecule has 1 saturated heterocycles. The highest BCUT2D eigenvalue weighted by Gasteiger charge is 2.42. The molecule has 4 rings (SSSR count). The summed E-state index contributed by atoms with van der Waals surface area (Å²) in [5.74, 6) is 2.77. The van der Waals surface area contributed by atoms with Crippen LogP contribution in [0.4, 0.5) is 4.39 Å². The monoisotopic (exact) mass is 450 g/mol. The second-order valence-corrected chi connectivity index (χ2v) is 11.5. The summed E-state index contributed by atoms with van der Waals surface area (Å²) in [5, 5.41) is 19.1. The lowest BCUT2D eigenvalue weighted by Crippen LogP contribution is -2.45. The van der Waals surface area contributed by atoms with Gasteiger partial charge in [-0.15, -0.1) is 0 Å². The summed E-state index contributed by atoms with van der Waals surface area (Å²) in [5.41, 5.74) is 5.94. The predicted octanol–water partition coefficient (Wildman–Crippen LogP) is 3.78. The zero-order valence-corrected chi connectivity index (χ0v) is 19.7. The van der Waals surface area contributed by atoms with Gasteiger partial charge in [-0.1, -0.05) is 25.7 Å². The van der Waals surface area contributed by atoms with Crippen LogP contribution in [0.5, 0.6) is 0 Å². The van der Waals surface area contributed by atoms with Gasteiger partial charge < -0.3 is 20.7 Å². The number of rotatable bonds is 5. The molecule has 1 aliphatic heterocycles. The minimum Gasteiger partial charge on any atom is -0.427 e. The number of alkyl halides is 1. The summed E-state index contributed by atoms with van der Waals surface area (Å²) < 4.78 is 14.1. The van der Waals surface area contributed by atoms with Gasteiger partial charge in [0.15, 0.2) is 0 Å². The molecule has 7 atom stereocenters. The van der Waals surface area contributed by atoms with Crippen LogP contribution in [0.3, 0.4) is 0 Å². The smallest absolute Gasteiger partial charge is 0.427 e. The molecule has 7 heteroatoms. The van der Waals surface area contributed by atoms with Crippen LogP contribution in [-0.4, -0.2) is 53.8 Å². The van der Waals surface area contributed by atoms with Crippen molar-refractivity contribution in [2.75, 3.05) is 19.6 Å². The number of nitrogens with zero attached hydrogens (tertiary/aromatic N) is 1. The van der Waals surface area contributed by atoms with E-state index in [9.17, 15) is 19.2 Å². The van der Waals surface area contributed by atoms with Gasteiger partial charge in [0.2, 0.25) is 5.91 Å². The number of carbonyl (C=O) groups is 1. The molecule has 4 fully saturated rings. The van der Waals surface area contributed by atoms with Crippen molar-refractivity contribution in [3.8, 4) is 0 Å². The fourth-order valence-electron chi connectivity index (χ4n) is 7.64. The van der Waals surface area contributed by atoms with Crippen molar-refractivity contribution in [3.05, 3.63) is 0 Å². The van der Waals surface area contributed by atoms with Crippen LogP contribution >= 0.6 is 0 Å². The minimum atomic E-state index is -1.57. The first-order valence-corrected chi connectivity index (χ1v) is 13.4. The summed E-state index contributed by atoms with van der Waals surface area (Å²) in [6.45, 7) is 2.63. The van der Waals surface area contributed by atoms with E-state index in [0.29, 0.717) is 36.5 Å². The first kappa shape index (κ1) is 24.5. The Labute approximate surface area is 193 Å². The number of amides is 1. The first-order valence-electron chi connectivity index (χ1n) is 13.4. The molecule has 4 aliphatic rings. The van der Waals surface area contributed by atoms with Crippen LogP contribution in [0.25, 0.3) is 0 Å². The predicted molar refractivity (Wildman–Crippen MR) is 125 cm³/mol. The maximum absolute atomic E-state index is 14.1. The van der Waals surface area contributed by atoms with E-state index in [1.165, 1.54) is 25.7 Å². The number of hydrogen-bond donors (Lipinski definition) is 3. The zero-order chi connectivity index (χ0) is 22.7. The number of halogens is 1. The van der Waals surface area contributed by atoms with Crippen molar-refractivity contribution in [2.45, 2.75) is 95.5 Å². The quantitative estimate of drug-likeness (QED) is 0.557. The van der Waals surface area contributed by atoms with Crippen molar-refractivity contribution in [3.63, 3.8) is 0 Å². The van der Waals surface area contributed by atoms with E-state index in [4.69, 9.17) is 5.73 Å². The fraction of sp³-hybridized carbons (Fsp3) is 0.960. The van der Waals surface area contributed by atoms with E-state index >= 15 is 0 Å². The Kier molecular flexibility index (Phi) is 8.55. The average Bonchev–Trinajstić information content (AvgIpc) is 2.84. The first-order chi connectivity index (χ1) is 15.5. The Morgan fingerprint density at radius 3 is 2.19 bits per heavy atom. The molecule has 3 aliphatic carbocycles. The van der Waals surface area contributed by atoms with Crippen LogP contribution in [-0.2, 0) is 4.79 Å². The van der Waals surface area contributed by atoms with Crippen LogP contribution in [0.1, 0.15) is 83.5 Å². The van der Waals surface area contributed by atoms with E-state index in [0.717, 1.165) is 76.4 Å². The third-order valence-electron chi connectivity index (χ3n) is 9.64. The van der Waals surface area contributed by atoms with Gasteiger partial charge in [0.1, 0.15) is 6.17 Å². The van der Waals surface area contributed by atoms with E-state index in [1.807, 2.05) is 0 Å². The summed E-state index contributed by atoms with van der Waals surface area (Å²) in [7, 11) is -1.57. The third kappa shape index (κ3) is 5.69. The molecule has 5 nitrogen and oxygen atoms in total. The second-order valence-electron chi connectivity index (χ2n) is 11.5. The highest BCUT2D eigenvalue weighted by atomic mass is 19.1. The number of hydrogen-bond acceptors (Lipinski definition) is 4. The topological polar surface area (TPSA) is 86.8 Å². The largest absolute Gasteiger partial charge is 0.457 e. The van der Waals surface area contributed by atoms with Gasteiger partial charge in [0.25, 0.3) is 0 Å². The molecule has 0 bridgehead atoms. The van der Waals surface area contributed by atoms with Crippen molar-refractivity contribution in [1.29, 1.82) is 0 Å². The van der Waals surface area contributed by atoms with Gasteiger partial charge in [-0.25, -0.2) is 4.39 Å². The van der Waals surface area contributed by atoms with E-state index in [2.05, 4.69) is 4.90 Å². The zero-order valence-electron chi connectivity index (χ0n) is 19.7. The molecule has 3 saturated carbocycles. The molecule has 0 radical (unpaired) electrons. The Morgan fingerprint density at radius 2 is 1.50 bits per heavy atom. The number of piperidine rings is 1. The summed E-state index contributed by atoms with van der Waals surface area (Å²) >= 11 is 0. The van der Waals surface area contributed by atoms with Gasteiger partial charge in [-0.05, 0) is 93.9 Å². The number of nitrogens with two attached hydrogens (primary N) is 1. The lowest BCUT2D eigenvalue weighted by atomic mass is 9.58. The highest BCUT2D eigenvalue weighted by Crippen LogP contribution is 2.45. The maximum Gasteiger partial charge on any atom is 0.457 e. The Morgan fingerprint density at radius 1 is 0.844 bits per heavy atom. The average molecular weight is 450 g/mol. The molecule has 0 aromatic heterocycles. The maximum atomic E-state index is 14.1. The lowest BCUT2D eigenvalue weighted by Gasteiger charge is -2.42. The molecule has 4 N–H and O–H groups in total. The van der Waals surface area contributed by atoms with Crippen molar-refractivity contribution >= 4 is 13.0 Å². The van der Waals surface area contributed by atoms with Crippen LogP contribution in [0, 0.1) is 35.5 Å². The SMILES string of the molecule is NCC1CCCC(C2CCN(C(=O)C3CCCC(C4CCC(F)C(B(O)O)C4)C3)CC2)C1. The van der Waals surface area contributed by atoms with Crippen molar-refractivity contribution in [2.24, 2.45) is 41.2 Å². The molecular formula is C25H44BFN2O3. The number of carbonyl (C=O) groups excluding carboxylic acids is 1. The van der Waals surface area contributed by atoms with Gasteiger partial charge >= 0.3 is 7.12 Å². The van der Waals surface area contributed by atoms with Crippen LogP contribution < -0.4 is 5.73 Å². The molecule has 1 amide bonds. The van der Waals surface area contributed by atoms with Crippen molar-refractivity contribution < 1.29 is 19.2 Å². The normalized spacial score (nSPS) is 39.6. The summed E-state index contributed by atoms with van der Waals surface area (Å²) in [4.78, 5) is 15.5. The molecular weight excluding hydrogens is 406 g/mol. The van der Waals surface area contributed by atoms with Gasteiger partial charge in [0.05, 0.1) is 0 Å². The lowest BCUT2D eigenvalue weighted by molar-refractivity contribution is -0.139. The molecule has 0 aromatic rings. The number of likely N-dealkylation sites (tertiary alicyclic amines) is 1. The van der Waals surface area contributed by atoms with Gasteiger partial charge in [-0.2, -0.15) is 0 Å². The summed E-state index contributed by atoms with van der Waals surface area (Å²) in [6, 6.07) is 0. The molecule has 0 aromatic carbocycles. The molecule has 1 heterocycles. The van der Waals surface area contributed by atoms with E-state index in [-0.39, 0.29) is 5.92 Å². The van der Waals surface area contributed by atoms with Crippen molar-refractivity contribution in [1.82, 2.24) is 4.90 Å². The van der Waals surface area contributed by atoms with Crippen LogP contribution in [0.2, 0.25) is 5.82 Å². The van der Waals surface area contributed by atoms with Crippen LogP contribution in [0.15, 0.2) is 0 Å². The third-order valence-corrected chi connectivity index (χ3v) is 9.64. The van der Waals surface area contributed by atoms with E-state index in [1.54, 1.807) is 0 Å². The Bertz CT molecular complexity index is 616. The van der Waals surface area contributed by atoms with Gasteiger partial charge in [0, 0.05) is 24.8 Å². The Balaban J connectivity index is 1.27. The molecule has 32 heavy (non-hydrogen) atoms. The molecule has 182 valence electrons. The van der Waals surface area contributed by atoms with E-state index < -0.39 is 19.1 Å².